The predicted molar refractivity (Wildman–Crippen MR) is 144 cm³/mol. The molecule has 0 unspecified atom stereocenters. The number of rotatable bonds is 6. The van der Waals surface area contributed by atoms with Gasteiger partial charge in [0.05, 0.1) is 22.0 Å². The molecule has 0 fully saturated rings. The zero-order chi connectivity index (χ0) is 26.1. The molecule has 11 heteroatoms. The zero-order valence-electron chi connectivity index (χ0n) is 18.7. The Morgan fingerprint density at radius 1 is 1.24 bits per heavy atom. The Labute approximate surface area is 222 Å². The highest BCUT2D eigenvalue weighted by atomic mass is 79.9. The molecule has 5 rings (SSSR count). The summed E-state index contributed by atoms with van der Waals surface area (Å²) in [5.74, 6) is 2.57. The molecule has 5 aromatic rings. The lowest BCUT2D eigenvalue weighted by Crippen LogP contribution is -2.20. The minimum atomic E-state index is -0.642. The van der Waals surface area contributed by atoms with Crippen LogP contribution in [0.1, 0.15) is 5.56 Å². The highest BCUT2D eigenvalue weighted by Crippen LogP contribution is 2.34. The lowest BCUT2D eigenvalue weighted by Gasteiger charge is -2.09. The molecule has 37 heavy (non-hydrogen) atoms. The van der Waals surface area contributed by atoms with E-state index in [4.69, 9.17) is 27.2 Å². The van der Waals surface area contributed by atoms with Crippen LogP contribution >= 0.6 is 27.5 Å². The summed E-state index contributed by atoms with van der Waals surface area (Å²) in [4.78, 5) is 29.1. The largest absolute Gasteiger partial charge is 0.473 e. The highest BCUT2D eigenvalue weighted by molar-refractivity contribution is 9.10. The second-order valence-corrected chi connectivity index (χ2v) is 9.05. The average Bonchev–Trinajstić information content (AvgIpc) is 3.30. The number of nitrogens with zero attached hydrogens (tertiary/aromatic N) is 4. The summed E-state index contributed by atoms with van der Waals surface area (Å²) in [5.41, 5.74) is 0.324. The molecule has 0 aliphatic carbocycles. The first-order valence-corrected chi connectivity index (χ1v) is 11.8. The minimum absolute atomic E-state index is 0.0771. The lowest BCUT2D eigenvalue weighted by atomic mass is 10.2. The van der Waals surface area contributed by atoms with E-state index >= 15 is 0 Å². The van der Waals surface area contributed by atoms with E-state index in [-0.39, 0.29) is 28.8 Å². The second kappa shape index (κ2) is 9.89. The standard InChI is InChI=1S/C26H14BrClN4O5/c1-2-9-36-24-16(11-18(28)13-21(24)32(34)35)14-29-31-25(30-20-6-4-3-5-19(20)26(31)33)23-12-15-10-17(27)7-8-22(15)37-23/h1,3-8,10-14H,9H2. The maximum Gasteiger partial charge on any atom is 0.313 e. The van der Waals surface area contributed by atoms with Gasteiger partial charge in [0, 0.05) is 26.5 Å². The first-order valence-electron chi connectivity index (χ1n) is 10.7. The van der Waals surface area contributed by atoms with E-state index in [0.29, 0.717) is 22.2 Å². The van der Waals surface area contributed by atoms with Crippen molar-refractivity contribution in [3.8, 4) is 29.7 Å². The predicted octanol–water partition coefficient (Wildman–Crippen LogP) is 6.03. The molecule has 0 spiro atoms. The molecule has 0 aliphatic heterocycles. The molecular formula is C26H14BrClN4O5. The number of aromatic nitrogens is 2. The fourth-order valence-electron chi connectivity index (χ4n) is 3.74. The van der Waals surface area contributed by atoms with Gasteiger partial charge in [-0.05, 0) is 42.5 Å². The first-order chi connectivity index (χ1) is 17.9. The van der Waals surface area contributed by atoms with Crippen LogP contribution in [-0.4, -0.2) is 27.4 Å². The van der Waals surface area contributed by atoms with E-state index in [2.05, 4.69) is 31.9 Å². The van der Waals surface area contributed by atoms with E-state index < -0.39 is 16.2 Å². The molecule has 0 saturated heterocycles. The second-order valence-electron chi connectivity index (χ2n) is 7.70. The molecule has 0 aliphatic rings. The Bertz CT molecular complexity index is 1840. The minimum Gasteiger partial charge on any atom is -0.473 e. The molecule has 2 aromatic heterocycles. The van der Waals surface area contributed by atoms with Crippen LogP contribution in [0.25, 0.3) is 33.5 Å². The van der Waals surface area contributed by atoms with Crippen LogP contribution in [-0.2, 0) is 0 Å². The molecule has 0 N–H and O–H groups in total. The molecule has 3 aromatic carbocycles. The van der Waals surface area contributed by atoms with Crippen molar-refractivity contribution in [3.63, 3.8) is 0 Å². The number of para-hydroxylation sites is 1. The molecule has 2 heterocycles. The van der Waals surface area contributed by atoms with Gasteiger partial charge in [0.15, 0.2) is 5.76 Å². The third-order valence-electron chi connectivity index (χ3n) is 5.32. The van der Waals surface area contributed by atoms with Crippen molar-refractivity contribution in [1.29, 1.82) is 0 Å². The summed E-state index contributed by atoms with van der Waals surface area (Å²) in [6, 6.07) is 16.6. The number of ether oxygens (including phenoxy) is 1. The fraction of sp³-hybridized carbons (Fsp3) is 0.0385. The summed E-state index contributed by atoms with van der Waals surface area (Å²) >= 11 is 9.55. The molecule has 9 nitrogen and oxygen atoms in total. The van der Waals surface area contributed by atoms with Crippen LogP contribution in [0.3, 0.4) is 0 Å². The molecule has 0 atom stereocenters. The lowest BCUT2D eigenvalue weighted by molar-refractivity contribution is -0.385. The Hall–Kier alpha value is -4.46. The topological polar surface area (TPSA) is 113 Å². The van der Waals surface area contributed by atoms with Gasteiger partial charge in [-0.2, -0.15) is 9.78 Å². The number of halogens is 2. The fourth-order valence-corrected chi connectivity index (χ4v) is 4.34. The molecular weight excluding hydrogens is 564 g/mol. The van der Waals surface area contributed by atoms with Gasteiger partial charge in [-0.15, -0.1) is 6.42 Å². The van der Waals surface area contributed by atoms with Gasteiger partial charge < -0.3 is 9.15 Å². The Morgan fingerprint density at radius 3 is 2.84 bits per heavy atom. The highest BCUT2D eigenvalue weighted by Gasteiger charge is 2.21. The summed E-state index contributed by atoms with van der Waals surface area (Å²) in [6.45, 7) is -0.222. The van der Waals surface area contributed by atoms with E-state index in [1.807, 2.05) is 12.1 Å². The van der Waals surface area contributed by atoms with Gasteiger partial charge in [0.2, 0.25) is 11.6 Å². The van der Waals surface area contributed by atoms with Crippen molar-refractivity contribution >= 4 is 61.3 Å². The first kappa shape index (κ1) is 24.2. The number of furan rings is 1. The number of nitro benzene ring substituents is 1. The molecule has 0 radical (unpaired) electrons. The van der Waals surface area contributed by atoms with Gasteiger partial charge in [-0.3, -0.25) is 14.9 Å². The maximum absolute atomic E-state index is 13.5. The molecule has 0 amide bonds. The van der Waals surface area contributed by atoms with Crippen LogP contribution in [0.5, 0.6) is 5.75 Å². The number of benzene rings is 3. The number of hydrogen-bond acceptors (Lipinski definition) is 7. The summed E-state index contributed by atoms with van der Waals surface area (Å²) < 4.78 is 13.3. The van der Waals surface area contributed by atoms with Crippen LogP contribution < -0.4 is 10.3 Å². The van der Waals surface area contributed by atoms with Crippen LogP contribution in [0, 0.1) is 22.5 Å². The summed E-state index contributed by atoms with van der Waals surface area (Å²) in [6.07, 6.45) is 6.50. The Morgan fingerprint density at radius 2 is 2.05 bits per heavy atom. The van der Waals surface area contributed by atoms with Gasteiger partial charge >= 0.3 is 5.69 Å². The van der Waals surface area contributed by atoms with Crippen molar-refractivity contribution < 1.29 is 14.1 Å². The van der Waals surface area contributed by atoms with Crippen molar-refractivity contribution in [2.24, 2.45) is 5.10 Å². The van der Waals surface area contributed by atoms with E-state index in [0.717, 1.165) is 20.6 Å². The van der Waals surface area contributed by atoms with Gasteiger partial charge in [-0.25, -0.2) is 4.98 Å². The normalized spacial score (nSPS) is 11.3. The molecule has 0 saturated carbocycles. The quantitative estimate of drug-likeness (QED) is 0.105. The number of nitro groups is 1. The number of fused-ring (bicyclic) bond motifs is 2. The average molecular weight is 578 g/mol. The third-order valence-corrected chi connectivity index (χ3v) is 6.04. The van der Waals surface area contributed by atoms with Crippen molar-refractivity contribution in [3.05, 3.63) is 96.2 Å². The van der Waals surface area contributed by atoms with Gasteiger partial charge in [-0.1, -0.05) is 45.6 Å². The van der Waals surface area contributed by atoms with Crippen LogP contribution in [0.15, 0.2) is 79.4 Å². The number of terminal acetylenes is 1. The Balaban J connectivity index is 1.73. The van der Waals surface area contributed by atoms with E-state index in [1.165, 1.54) is 12.3 Å². The van der Waals surface area contributed by atoms with E-state index in [1.54, 1.807) is 36.4 Å². The SMILES string of the molecule is C#CCOc1c(C=Nn2c(-c3cc4cc(Br)ccc4o3)nc3ccccc3c2=O)cc(Cl)cc1[N+](=O)[O-]. The van der Waals surface area contributed by atoms with E-state index in [9.17, 15) is 14.9 Å². The van der Waals surface area contributed by atoms with Crippen molar-refractivity contribution in [2.75, 3.05) is 6.61 Å². The molecule has 0 bridgehead atoms. The third kappa shape index (κ3) is 4.70. The monoisotopic (exact) mass is 576 g/mol. The number of hydrogen-bond donors (Lipinski definition) is 0. The van der Waals surface area contributed by atoms with Crippen molar-refractivity contribution in [2.45, 2.75) is 0 Å². The summed E-state index contributed by atoms with van der Waals surface area (Å²) in [5, 5.41) is 17.1. The van der Waals surface area contributed by atoms with Crippen molar-refractivity contribution in [1.82, 2.24) is 9.66 Å². The molecule has 182 valence electrons. The summed E-state index contributed by atoms with van der Waals surface area (Å²) in [7, 11) is 0. The zero-order valence-corrected chi connectivity index (χ0v) is 21.1. The smallest absolute Gasteiger partial charge is 0.313 e. The van der Waals surface area contributed by atoms with Crippen LogP contribution in [0.2, 0.25) is 5.02 Å². The Kier molecular flexibility index (Phi) is 6.48. The maximum atomic E-state index is 13.5. The van der Waals surface area contributed by atoms with Gasteiger partial charge in [0.25, 0.3) is 5.56 Å². The van der Waals surface area contributed by atoms with Crippen LogP contribution in [0.4, 0.5) is 5.69 Å². The van der Waals surface area contributed by atoms with Gasteiger partial charge in [0.1, 0.15) is 12.2 Å².